The highest BCUT2D eigenvalue weighted by Gasteiger charge is 2.08. The van der Waals surface area contributed by atoms with Crippen molar-refractivity contribution in [2.75, 3.05) is 7.11 Å². The van der Waals surface area contributed by atoms with Crippen LogP contribution < -0.4 is 10.3 Å². The summed E-state index contributed by atoms with van der Waals surface area (Å²) in [5.74, 6) is 0.621. The molecule has 0 saturated heterocycles. The summed E-state index contributed by atoms with van der Waals surface area (Å²) in [4.78, 5) is 21.1. The minimum Gasteiger partial charge on any atom is -0.494 e. The highest BCUT2D eigenvalue weighted by molar-refractivity contribution is 5.83. The molecule has 2 aromatic heterocycles. The number of pyridine rings is 1. The van der Waals surface area contributed by atoms with Crippen LogP contribution >= 0.6 is 0 Å². The average molecular weight is 295 g/mol. The Morgan fingerprint density at radius 1 is 1.14 bits per heavy atom. The Kier molecular flexibility index (Phi) is 4.14. The zero-order valence-electron chi connectivity index (χ0n) is 12.4. The number of hydrogen-bond acceptors (Lipinski definition) is 4. The van der Waals surface area contributed by atoms with Crippen molar-refractivity contribution in [3.63, 3.8) is 0 Å². The molecule has 0 spiro atoms. The van der Waals surface area contributed by atoms with Gasteiger partial charge in [0.25, 0.3) is 5.56 Å². The molecule has 0 fully saturated rings. The van der Waals surface area contributed by atoms with Crippen LogP contribution in [0, 0.1) is 0 Å². The quantitative estimate of drug-likeness (QED) is 0.725. The largest absolute Gasteiger partial charge is 0.494 e. The first-order chi connectivity index (χ1) is 10.8. The molecule has 2 heterocycles. The van der Waals surface area contributed by atoms with Crippen LogP contribution in [0.25, 0.3) is 10.9 Å². The van der Waals surface area contributed by atoms with Crippen LogP contribution in [-0.2, 0) is 13.0 Å². The van der Waals surface area contributed by atoms with Gasteiger partial charge in [0.2, 0.25) is 0 Å². The zero-order chi connectivity index (χ0) is 15.4. The SMILES string of the molecule is COc1cccc2c(=O)n(CCCc3ccccn3)cnc12. The second-order valence-corrected chi connectivity index (χ2v) is 5.02. The monoisotopic (exact) mass is 295 g/mol. The number of rotatable bonds is 5. The molecule has 112 valence electrons. The Balaban J connectivity index is 1.80. The number of para-hydroxylation sites is 1. The first-order valence-electron chi connectivity index (χ1n) is 7.21. The van der Waals surface area contributed by atoms with E-state index in [4.69, 9.17) is 4.74 Å². The van der Waals surface area contributed by atoms with E-state index in [1.54, 1.807) is 36.3 Å². The molecule has 0 unspecified atom stereocenters. The van der Waals surface area contributed by atoms with Crippen LogP contribution in [0.5, 0.6) is 5.75 Å². The number of ether oxygens (including phenoxy) is 1. The maximum absolute atomic E-state index is 12.5. The van der Waals surface area contributed by atoms with Crippen LogP contribution in [0.15, 0.2) is 53.7 Å². The summed E-state index contributed by atoms with van der Waals surface area (Å²) < 4.78 is 6.89. The van der Waals surface area contributed by atoms with Gasteiger partial charge in [-0.15, -0.1) is 0 Å². The molecule has 5 heteroatoms. The first-order valence-corrected chi connectivity index (χ1v) is 7.21. The van der Waals surface area contributed by atoms with Crippen molar-refractivity contribution in [3.8, 4) is 5.75 Å². The summed E-state index contributed by atoms with van der Waals surface area (Å²) in [5, 5.41) is 0.583. The third-order valence-corrected chi connectivity index (χ3v) is 3.59. The van der Waals surface area contributed by atoms with Gasteiger partial charge in [0.1, 0.15) is 11.3 Å². The number of fused-ring (bicyclic) bond motifs is 1. The Morgan fingerprint density at radius 2 is 2.05 bits per heavy atom. The van der Waals surface area contributed by atoms with E-state index in [2.05, 4.69) is 9.97 Å². The van der Waals surface area contributed by atoms with Crippen molar-refractivity contribution in [2.24, 2.45) is 0 Å². The highest BCUT2D eigenvalue weighted by atomic mass is 16.5. The number of methoxy groups -OCH3 is 1. The average Bonchev–Trinajstić information content (AvgIpc) is 2.57. The second-order valence-electron chi connectivity index (χ2n) is 5.02. The predicted molar refractivity (Wildman–Crippen MR) is 85.1 cm³/mol. The minimum absolute atomic E-state index is 0.0371. The molecule has 0 atom stereocenters. The van der Waals surface area contributed by atoms with E-state index in [1.165, 1.54) is 0 Å². The summed E-state index contributed by atoms with van der Waals surface area (Å²) in [6.45, 7) is 0.621. The lowest BCUT2D eigenvalue weighted by atomic mass is 10.2. The van der Waals surface area contributed by atoms with Gasteiger partial charge in [-0.2, -0.15) is 0 Å². The normalized spacial score (nSPS) is 10.8. The summed E-state index contributed by atoms with van der Waals surface area (Å²) in [5.41, 5.74) is 1.60. The standard InChI is InChI=1S/C17H17N3O2/c1-22-15-9-4-8-14-16(15)19-12-20(17(14)21)11-5-7-13-6-2-3-10-18-13/h2-4,6,8-10,12H,5,7,11H2,1H3. The Morgan fingerprint density at radius 3 is 2.82 bits per heavy atom. The van der Waals surface area contributed by atoms with Gasteiger partial charge in [-0.05, 0) is 37.1 Å². The maximum Gasteiger partial charge on any atom is 0.261 e. The lowest BCUT2D eigenvalue weighted by Gasteiger charge is -2.08. The molecular weight excluding hydrogens is 278 g/mol. The van der Waals surface area contributed by atoms with Crippen molar-refractivity contribution in [1.82, 2.24) is 14.5 Å². The fourth-order valence-electron chi connectivity index (χ4n) is 2.46. The lowest BCUT2D eigenvalue weighted by molar-refractivity contribution is 0.418. The van der Waals surface area contributed by atoms with Crippen LogP contribution in [0.1, 0.15) is 12.1 Å². The summed E-state index contributed by atoms with van der Waals surface area (Å²) >= 11 is 0. The van der Waals surface area contributed by atoms with Gasteiger partial charge >= 0.3 is 0 Å². The molecule has 3 rings (SSSR count). The molecular formula is C17H17N3O2. The number of nitrogens with zero attached hydrogens (tertiary/aromatic N) is 3. The Bertz CT molecular complexity index is 828. The van der Waals surface area contributed by atoms with Gasteiger partial charge in [0, 0.05) is 18.4 Å². The van der Waals surface area contributed by atoms with Crippen molar-refractivity contribution in [2.45, 2.75) is 19.4 Å². The van der Waals surface area contributed by atoms with Crippen LogP contribution in [0.3, 0.4) is 0 Å². The second kappa shape index (κ2) is 6.39. The lowest BCUT2D eigenvalue weighted by Crippen LogP contribution is -2.21. The fourth-order valence-corrected chi connectivity index (χ4v) is 2.46. The van der Waals surface area contributed by atoms with E-state index in [9.17, 15) is 4.79 Å². The van der Waals surface area contributed by atoms with Gasteiger partial charge in [-0.3, -0.25) is 14.3 Å². The summed E-state index contributed by atoms with van der Waals surface area (Å²) in [7, 11) is 1.58. The Labute approximate surface area is 128 Å². The highest BCUT2D eigenvalue weighted by Crippen LogP contribution is 2.20. The van der Waals surface area contributed by atoms with E-state index in [1.807, 2.05) is 24.3 Å². The molecule has 22 heavy (non-hydrogen) atoms. The van der Waals surface area contributed by atoms with Gasteiger partial charge in [-0.25, -0.2) is 4.98 Å². The third kappa shape index (κ3) is 2.83. The van der Waals surface area contributed by atoms with Crippen molar-refractivity contribution in [1.29, 1.82) is 0 Å². The number of benzene rings is 1. The predicted octanol–water partition coefficient (Wildman–Crippen LogP) is 2.43. The molecule has 0 aliphatic rings. The molecule has 0 bridgehead atoms. The molecule has 0 saturated carbocycles. The van der Waals surface area contributed by atoms with E-state index in [-0.39, 0.29) is 5.56 Å². The Hall–Kier alpha value is -2.69. The molecule has 0 radical (unpaired) electrons. The van der Waals surface area contributed by atoms with Gasteiger partial charge in [0.05, 0.1) is 18.8 Å². The molecule has 3 aromatic rings. The minimum atomic E-state index is -0.0371. The van der Waals surface area contributed by atoms with Gasteiger partial charge in [0.15, 0.2) is 0 Å². The van der Waals surface area contributed by atoms with Crippen molar-refractivity contribution < 1.29 is 4.74 Å². The van der Waals surface area contributed by atoms with E-state index in [0.29, 0.717) is 23.2 Å². The molecule has 0 amide bonds. The van der Waals surface area contributed by atoms with Crippen LogP contribution in [0.4, 0.5) is 0 Å². The molecule has 1 aromatic carbocycles. The third-order valence-electron chi connectivity index (χ3n) is 3.59. The smallest absolute Gasteiger partial charge is 0.261 e. The first kappa shape index (κ1) is 14.3. The van der Waals surface area contributed by atoms with Crippen molar-refractivity contribution >= 4 is 10.9 Å². The van der Waals surface area contributed by atoms with Gasteiger partial charge < -0.3 is 4.74 Å². The zero-order valence-corrected chi connectivity index (χ0v) is 12.4. The topological polar surface area (TPSA) is 57.0 Å². The number of hydrogen-bond donors (Lipinski definition) is 0. The van der Waals surface area contributed by atoms with Crippen molar-refractivity contribution in [3.05, 3.63) is 65.0 Å². The molecule has 0 N–H and O–H groups in total. The van der Waals surface area contributed by atoms with E-state index in [0.717, 1.165) is 18.5 Å². The molecule has 5 nitrogen and oxygen atoms in total. The molecule has 0 aliphatic heterocycles. The van der Waals surface area contributed by atoms with Crippen LogP contribution in [0.2, 0.25) is 0 Å². The number of aryl methyl sites for hydroxylation is 2. The number of aromatic nitrogens is 3. The molecule has 0 aliphatic carbocycles. The van der Waals surface area contributed by atoms with Crippen LogP contribution in [-0.4, -0.2) is 21.6 Å². The van der Waals surface area contributed by atoms with E-state index >= 15 is 0 Å². The fraction of sp³-hybridized carbons (Fsp3) is 0.235. The summed E-state index contributed by atoms with van der Waals surface area (Å²) in [6.07, 6.45) is 5.05. The van der Waals surface area contributed by atoms with Gasteiger partial charge in [-0.1, -0.05) is 12.1 Å². The maximum atomic E-state index is 12.5. The summed E-state index contributed by atoms with van der Waals surface area (Å²) in [6, 6.07) is 11.3. The van der Waals surface area contributed by atoms with E-state index < -0.39 is 0 Å².